The van der Waals surface area contributed by atoms with Crippen molar-refractivity contribution in [3.05, 3.63) is 53.7 Å². The van der Waals surface area contributed by atoms with Crippen molar-refractivity contribution in [3.63, 3.8) is 0 Å². The molecule has 156 valence electrons. The zero-order valence-electron chi connectivity index (χ0n) is 17.7. The highest BCUT2D eigenvalue weighted by Gasteiger charge is 2.25. The number of carbonyl (C=O) groups is 1. The normalized spacial score (nSPS) is 14.5. The number of aryl methyl sites for hydroxylation is 1. The third-order valence-electron chi connectivity index (χ3n) is 5.80. The summed E-state index contributed by atoms with van der Waals surface area (Å²) in [5, 5.41) is 0.798. The first kappa shape index (κ1) is 20.2. The van der Waals surface area contributed by atoms with E-state index in [2.05, 4.69) is 4.98 Å². The van der Waals surface area contributed by atoms with Gasteiger partial charge in [-0.15, -0.1) is 0 Å². The minimum absolute atomic E-state index is 0.0847. The number of rotatable bonds is 6. The topological polar surface area (TPSA) is 57.7 Å². The van der Waals surface area contributed by atoms with Crippen LogP contribution in [0.2, 0.25) is 0 Å². The summed E-state index contributed by atoms with van der Waals surface area (Å²) in [5.74, 6) is 2.69. The fraction of sp³-hybridized carbons (Fsp3) is 0.360. The first-order valence-electron chi connectivity index (χ1n) is 10.4. The average Bonchev–Trinajstić information content (AvgIpc) is 2.79. The van der Waals surface area contributed by atoms with Gasteiger partial charge < -0.3 is 14.2 Å². The summed E-state index contributed by atoms with van der Waals surface area (Å²) in [6, 6.07) is 11.3. The summed E-state index contributed by atoms with van der Waals surface area (Å²) < 4.78 is 17.1. The highest BCUT2D eigenvalue weighted by Crippen LogP contribution is 2.38. The molecule has 0 aliphatic heterocycles. The number of aromatic nitrogens is 1. The maximum atomic E-state index is 13.3. The molecule has 0 atom stereocenters. The highest BCUT2D eigenvalue weighted by molar-refractivity contribution is 6.01. The Morgan fingerprint density at radius 3 is 2.37 bits per heavy atom. The van der Waals surface area contributed by atoms with Crippen molar-refractivity contribution in [1.29, 1.82) is 0 Å². The Balaban J connectivity index is 1.74. The van der Waals surface area contributed by atoms with Gasteiger partial charge in [0.25, 0.3) is 0 Å². The van der Waals surface area contributed by atoms with Crippen molar-refractivity contribution in [1.82, 2.24) is 4.98 Å². The van der Waals surface area contributed by atoms with Gasteiger partial charge in [0.2, 0.25) is 0 Å². The lowest BCUT2D eigenvalue weighted by molar-refractivity contribution is 0.0887. The number of carbonyl (C=O) groups excluding carboxylic acids is 1. The molecule has 0 radical (unpaired) electrons. The first-order chi connectivity index (χ1) is 14.6. The second-order valence-corrected chi connectivity index (χ2v) is 7.83. The number of Topliss-reactive ketones (excluding diaryl/α,β-unsaturated/α-hetero) is 1. The standard InChI is InChI=1S/C25H27NO4/c1-16-9-10-21(19(13-16)25(27)17-7-5-4-6-8-17)30-22-11-12-26-20-15-24(29-3)23(28-2)14-18(20)22/h9-15,17H,4-8H2,1-3H3. The van der Waals surface area contributed by atoms with Gasteiger partial charge in [0.1, 0.15) is 11.5 Å². The Bertz CT molecular complexity index is 1070. The number of fused-ring (bicyclic) bond motifs is 1. The van der Waals surface area contributed by atoms with Gasteiger partial charge in [0, 0.05) is 23.6 Å². The lowest BCUT2D eigenvalue weighted by Gasteiger charge is -2.22. The van der Waals surface area contributed by atoms with Crippen LogP contribution in [0.3, 0.4) is 0 Å². The van der Waals surface area contributed by atoms with Crippen LogP contribution >= 0.6 is 0 Å². The van der Waals surface area contributed by atoms with Crippen LogP contribution in [0.25, 0.3) is 10.9 Å². The lowest BCUT2D eigenvalue weighted by atomic mass is 9.83. The molecular formula is C25H27NO4. The molecule has 5 heteroatoms. The molecule has 1 aliphatic carbocycles. The van der Waals surface area contributed by atoms with Gasteiger partial charge in [-0.25, -0.2) is 0 Å². The molecule has 1 saturated carbocycles. The third-order valence-corrected chi connectivity index (χ3v) is 5.80. The van der Waals surface area contributed by atoms with E-state index >= 15 is 0 Å². The largest absolute Gasteiger partial charge is 0.493 e. The quantitative estimate of drug-likeness (QED) is 0.463. The molecule has 30 heavy (non-hydrogen) atoms. The van der Waals surface area contributed by atoms with Crippen molar-refractivity contribution in [3.8, 4) is 23.0 Å². The second-order valence-electron chi connectivity index (χ2n) is 7.83. The Morgan fingerprint density at radius 2 is 1.63 bits per heavy atom. The van der Waals surface area contributed by atoms with Gasteiger partial charge in [-0.3, -0.25) is 9.78 Å². The second kappa shape index (κ2) is 8.74. The van der Waals surface area contributed by atoms with Crippen molar-refractivity contribution >= 4 is 16.7 Å². The Hall–Kier alpha value is -3.08. The number of ether oxygens (including phenoxy) is 3. The van der Waals surface area contributed by atoms with E-state index in [-0.39, 0.29) is 11.7 Å². The maximum absolute atomic E-state index is 13.3. The zero-order chi connectivity index (χ0) is 21.1. The molecule has 4 rings (SSSR count). The Kier molecular flexibility index (Phi) is 5.88. The molecular weight excluding hydrogens is 378 g/mol. The fourth-order valence-corrected chi connectivity index (χ4v) is 4.16. The maximum Gasteiger partial charge on any atom is 0.169 e. The number of nitrogens with zero attached hydrogens (tertiary/aromatic N) is 1. The molecule has 1 fully saturated rings. The van der Waals surface area contributed by atoms with E-state index in [1.807, 2.05) is 43.3 Å². The van der Waals surface area contributed by atoms with E-state index in [1.165, 1.54) is 6.42 Å². The van der Waals surface area contributed by atoms with Crippen LogP contribution < -0.4 is 14.2 Å². The molecule has 1 aromatic heterocycles. The lowest BCUT2D eigenvalue weighted by Crippen LogP contribution is -2.18. The van der Waals surface area contributed by atoms with Gasteiger partial charge in [0.15, 0.2) is 17.3 Å². The molecule has 3 aromatic rings. The number of methoxy groups -OCH3 is 2. The van der Waals surface area contributed by atoms with Crippen molar-refractivity contribution in [2.75, 3.05) is 14.2 Å². The van der Waals surface area contributed by atoms with Crippen LogP contribution in [0, 0.1) is 12.8 Å². The van der Waals surface area contributed by atoms with E-state index < -0.39 is 0 Å². The van der Waals surface area contributed by atoms with E-state index in [9.17, 15) is 4.79 Å². The van der Waals surface area contributed by atoms with Crippen LogP contribution in [-0.4, -0.2) is 25.0 Å². The third kappa shape index (κ3) is 3.97. The number of hydrogen-bond acceptors (Lipinski definition) is 5. The number of hydrogen-bond donors (Lipinski definition) is 0. The molecule has 0 unspecified atom stereocenters. The summed E-state index contributed by atoms with van der Waals surface area (Å²) >= 11 is 0. The number of ketones is 1. The van der Waals surface area contributed by atoms with Gasteiger partial charge >= 0.3 is 0 Å². The predicted molar refractivity (Wildman–Crippen MR) is 117 cm³/mol. The minimum Gasteiger partial charge on any atom is -0.493 e. The zero-order valence-corrected chi connectivity index (χ0v) is 17.7. The minimum atomic E-state index is 0.0847. The highest BCUT2D eigenvalue weighted by atomic mass is 16.5. The smallest absolute Gasteiger partial charge is 0.169 e. The molecule has 0 spiro atoms. The van der Waals surface area contributed by atoms with Crippen molar-refractivity contribution in [2.24, 2.45) is 5.92 Å². The average molecular weight is 405 g/mol. The van der Waals surface area contributed by atoms with Gasteiger partial charge in [-0.2, -0.15) is 0 Å². The van der Waals surface area contributed by atoms with Crippen LogP contribution in [0.15, 0.2) is 42.6 Å². The fourth-order valence-electron chi connectivity index (χ4n) is 4.16. The molecule has 5 nitrogen and oxygen atoms in total. The van der Waals surface area contributed by atoms with Crippen molar-refractivity contribution in [2.45, 2.75) is 39.0 Å². The monoisotopic (exact) mass is 405 g/mol. The molecule has 2 aromatic carbocycles. The molecule has 0 N–H and O–H groups in total. The van der Waals surface area contributed by atoms with E-state index in [0.29, 0.717) is 28.6 Å². The Labute approximate surface area is 177 Å². The van der Waals surface area contributed by atoms with E-state index in [4.69, 9.17) is 14.2 Å². The van der Waals surface area contributed by atoms with Crippen LogP contribution in [0.5, 0.6) is 23.0 Å². The Morgan fingerprint density at radius 1 is 0.900 bits per heavy atom. The van der Waals surface area contributed by atoms with Crippen LogP contribution in [0.4, 0.5) is 0 Å². The molecule has 0 bridgehead atoms. The summed E-state index contributed by atoms with van der Waals surface area (Å²) in [6.45, 7) is 2.00. The molecule has 0 amide bonds. The van der Waals surface area contributed by atoms with Gasteiger partial charge in [-0.1, -0.05) is 30.9 Å². The van der Waals surface area contributed by atoms with Gasteiger partial charge in [-0.05, 0) is 44.0 Å². The number of pyridine rings is 1. The van der Waals surface area contributed by atoms with Crippen molar-refractivity contribution < 1.29 is 19.0 Å². The first-order valence-corrected chi connectivity index (χ1v) is 10.4. The molecule has 1 heterocycles. The van der Waals surface area contributed by atoms with E-state index in [1.54, 1.807) is 20.4 Å². The van der Waals surface area contributed by atoms with Crippen LogP contribution in [-0.2, 0) is 0 Å². The summed E-state index contributed by atoms with van der Waals surface area (Å²) in [4.78, 5) is 17.7. The molecule has 0 saturated heterocycles. The SMILES string of the molecule is COc1cc2nccc(Oc3ccc(C)cc3C(=O)C3CCCCC3)c2cc1OC. The summed E-state index contributed by atoms with van der Waals surface area (Å²) in [6.07, 6.45) is 7.07. The summed E-state index contributed by atoms with van der Waals surface area (Å²) in [5.41, 5.74) is 2.44. The summed E-state index contributed by atoms with van der Waals surface area (Å²) in [7, 11) is 3.20. The number of benzene rings is 2. The van der Waals surface area contributed by atoms with Gasteiger partial charge in [0.05, 0.1) is 25.3 Å². The van der Waals surface area contributed by atoms with E-state index in [0.717, 1.165) is 42.1 Å². The molecule has 1 aliphatic rings. The van der Waals surface area contributed by atoms with Crippen LogP contribution in [0.1, 0.15) is 48.0 Å². The predicted octanol–water partition coefficient (Wildman–Crippen LogP) is 6.12.